The van der Waals surface area contributed by atoms with E-state index in [1.807, 2.05) is 0 Å². The van der Waals surface area contributed by atoms with Crippen LogP contribution in [0.1, 0.15) is 21.1 Å². The third-order valence-corrected chi connectivity index (χ3v) is 5.94. The summed E-state index contributed by atoms with van der Waals surface area (Å²) in [4.78, 5) is 2.75. The van der Waals surface area contributed by atoms with Crippen LogP contribution in [0.3, 0.4) is 0 Å². The molecule has 2 aromatic heterocycles. The molecular weight excluding hydrogens is 606 g/mol. The Balaban J connectivity index is 0.000000720. The van der Waals surface area contributed by atoms with Gasteiger partial charge in [-0.2, -0.15) is 9.13 Å². The second kappa shape index (κ2) is 10.8. The van der Waals surface area contributed by atoms with Crippen LogP contribution in [0.2, 0.25) is 0 Å². The molecule has 0 spiro atoms. The first kappa shape index (κ1) is 35.2. The van der Waals surface area contributed by atoms with Crippen LogP contribution in [-0.4, -0.2) is 26.4 Å². The van der Waals surface area contributed by atoms with Crippen molar-refractivity contribution in [2.45, 2.75) is 40.8 Å². The van der Waals surface area contributed by atoms with Crippen LogP contribution in [0.5, 0.6) is 0 Å². The molecule has 0 unspecified atom stereocenters. The Labute approximate surface area is 206 Å². The van der Waals surface area contributed by atoms with Gasteiger partial charge in [0.2, 0.25) is 11.0 Å². The van der Waals surface area contributed by atoms with Crippen molar-refractivity contribution < 1.29 is 69.0 Å². The third kappa shape index (κ3) is 26.3. The monoisotopic (exact) mass is 632 g/mol. The Morgan fingerprint density at radius 3 is 1.00 bits per heavy atom. The molecule has 2 heterocycles. The molecule has 0 atom stereocenters. The normalized spacial score (nSPS) is 15.9. The zero-order valence-electron chi connectivity index (χ0n) is 19.4. The molecule has 0 saturated carbocycles. The van der Waals surface area contributed by atoms with Crippen LogP contribution >= 0.6 is 38.3 Å². The fourth-order valence-corrected chi connectivity index (χ4v) is 3.78. The number of hydrogen-bond acceptors (Lipinski definition) is 4. The van der Waals surface area contributed by atoms with Gasteiger partial charge in [-0.05, 0) is 13.8 Å². The van der Waals surface area contributed by atoms with Crippen LogP contribution in [0.4, 0.5) is 50.4 Å². The summed E-state index contributed by atoms with van der Waals surface area (Å²) in [6.45, 7) is 13.2. The molecule has 0 aliphatic carbocycles. The van der Waals surface area contributed by atoms with E-state index >= 15 is 0 Å². The molecule has 2 rings (SSSR count). The van der Waals surface area contributed by atoms with Gasteiger partial charge in [0.15, 0.2) is 24.5 Å². The summed E-state index contributed by atoms with van der Waals surface area (Å²) in [5.41, 5.74) is 6.99. The van der Waals surface area contributed by atoms with Crippen LogP contribution in [-0.2, 0) is 22.6 Å². The molecule has 0 N–H and O–H groups in total. The molecule has 0 saturated heterocycles. The molecule has 0 bridgehead atoms. The first-order valence-electron chi connectivity index (χ1n) is 9.66. The summed E-state index contributed by atoms with van der Waals surface area (Å²) in [5, 5.41) is 0. The predicted octanol–water partition coefficient (Wildman–Crippen LogP) is 9.12. The summed E-state index contributed by atoms with van der Waals surface area (Å²) in [5.74, 6) is 0. The number of rotatable bonds is 9. The van der Waals surface area contributed by atoms with Crippen molar-refractivity contribution in [2.75, 3.05) is 26.4 Å². The zero-order valence-corrected chi connectivity index (χ0v) is 22.8. The van der Waals surface area contributed by atoms with E-state index in [1.165, 1.54) is 21.1 Å². The van der Waals surface area contributed by atoms with Crippen molar-refractivity contribution >= 4 is 38.3 Å². The summed E-state index contributed by atoms with van der Waals surface area (Å²) >= 11 is 3.58. The number of nitrogens with zero attached hydrogens (tertiary/aromatic N) is 2. The average molecular weight is 632 g/mol. The third-order valence-electron chi connectivity index (χ3n) is 3.92. The first-order valence-corrected chi connectivity index (χ1v) is 15.5. The second-order valence-electron chi connectivity index (χ2n) is 7.26. The van der Waals surface area contributed by atoms with Gasteiger partial charge in [0.1, 0.15) is 13.2 Å². The molecule has 0 fully saturated rings. The van der Waals surface area contributed by atoms with E-state index in [0.717, 1.165) is 26.3 Å². The van der Waals surface area contributed by atoms with Crippen molar-refractivity contribution in [3.63, 3.8) is 0 Å². The minimum atomic E-state index is -10.7. The van der Waals surface area contributed by atoms with Gasteiger partial charge < -0.3 is 9.47 Å². The van der Waals surface area contributed by atoms with Gasteiger partial charge in [0.05, 0.1) is 23.0 Å². The van der Waals surface area contributed by atoms with Crippen molar-refractivity contribution in [1.29, 1.82) is 0 Å². The van der Waals surface area contributed by atoms with Crippen LogP contribution in [0, 0.1) is 27.7 Å². The van der Waals surface area contributed by atoms with Crippen molar-refractivity contribution in [3.05, 3.63) is 32.2 Å². The van der Waals surface area contributed by atoms with Crippen LogP contribution in [0.15, 0.2) is 11.0 Å². The van der Waals surface area contributed by atoms with E-state index in [2.05, 4.69) is 47.9 Å². The quantitative estimate of drug-likeness (QED) is 0.119. The van der Waals surface area contributed by atoms with Gasteiger partial charge in [-0.15, -0.1) is 0 Å². The molecule has 0 aromatic carbocycles. The Morgan fingerprint density at radius 1 is 0.556 bits per heavy atom. The minimum absolute atomic E-state index is 0.662. The van der Waals surface area contributed by atoms with Gasteiger partial charge in [0.25, 0.3) is 0 Å². The maximum absolute atomic E-state index is 10.7. The second-order valence-corrected chi connectivity index (χ2v) is 13.2. The van der Waals surface area contributed by atoms with Gasteiger partial charge in [0, 0.05) is 13.8 Å². The SMILES string of the molecule is Cc1sc[n+](CCOCCOCC[n+]2csc(C)c2C)c1C.F[P-](F)(F)(F)(F)F.F[P-](F)(F)(F)(F)F. The Morgan fingerprint density at radius 2 is 0.806 bits per heavy atom. The van der Waals surface area contributed by atoms with Gasteiger partial charge >= 0.3 is 66.0 Å². The Kier molecular flexibility index (Phi) is 10.5. The summed E-state index contributed by atoms with van der Waals surface area (Å²) in [6.07, 6.45) is 0. The van der Waals surface area contributed by atoms with E-state index < -0.39 is 15.6 Å². The van der Waals surface area contributed by atoms with Gasteiger partial charge in [-0.3, -0.25) is 0 Å². The van der Waals surface area contributed by atoms with Crippen molar-refractivity contribution in [3.8, 4) is 0 Å². The summed E-state index contributed by atoms with van der Waals surface area (Å²) in [7, 11) is -21.3. The number of hydrogen-bond donors (Lipinski definition) is 0. The van der Waals surface area contributed by atoms with Crippen LogP contribution in [0.25, 0.3) is 0 Å². The zero-order chi connectivity index (χ0) is 28.8. The molecule has 218 valence electrons. The van der Waals surface area contributed by atoms with Gasteiger partial charge in [-0.25, -0.2) is 0 Å². The molecule has 2 aromatic rings. The van der Waals surface area contributed by atoms with Gasteiger partial charge in [-0.1, -0.05) is 22.7 Å². The molecule has 0 amide bonds. The van der Waals surface area contributed by atoms with Crippen molar-refractivity contribution in [1.82, 2.24) is 0 Å². The first-order chi connectivity index (χ1) is 15.5. The fourth-order valence-electron chi connectivity index (χ4n) is 2.11. The van der Waals surface area contributed by atoms with E-state index in [1.54, 1.807) is 22.7 Å². The molecule has 4 nitrogen and oxygen atoms in total. The van der Waals surface area contributed by atoms with Crippen LogP contribution < -0.4 is 9.13 Å². The molecule has 0 radical (unpaired) electrons. The van der Waals surface area contributed by atoms with E-state index in [-0.39, 0.29) is 0 Å². The number of halogens is 12. The molecule has 0 aliphatic rings. The molecular formula is C16H26F12N2O2P2S2. The summed E-state index contributed by atoms with van der Waals surface area (Å²) in [6, 6.07) is 0. The summed E-state index contributed by atoms with van der Waals surface area (Å²) < 4.78 is 134. The molecule has 0 aliphatic heterocycles. The average Bonchev–Trinajstić information content (AvgIpc) is 3.08. The maximum atomic E-state index is 9.87. The van der Waals surface area contributed by atoms with Crippen molar-refractivity contribution in [2.24, 2.45) is 0 Å². The number of ether oxygens (including phenoxy) is 2. The topological polar surface area (TPSA) is 26.2 Å². The number of thiazole rings is 2. The standard InChI is InChI=1S/C16H26N2O2S2.2F6P/c1-13-15(3)21-11-17(13)5-7-19-9-10-20-8-6-18-12-22-16(4)14(18)2;2*1-7(2,3,4,5)6/h11-12H,5-10H2,1-4H3;;/q+2;2*-1. The van der Waals surface area contributed by atoms with E-state index in [9.17, 15) is 50.4 Å². The molecule has 36 heavy (non-hydrogen) atoms. The number of aromatic nitrogens is 2. The fraction of sp³-hybridized carbons (Fsp3) is 0.625. The predicted molar refractivity (Wildman–Crippen MR) is 117 cm³/mol. The Hall–Kier alpha value is -0.800. The number of aryl methyl sites for hydroxylation is 2. The molecule has 20 heteroatoms. The Bertz CT molecular complexity index is 887. The van der Waals surface area contributed by atoms with E-state index in [0.29, 0.717) is 13.2 Å². The van der Waals surface area contributed by atoms with E-state index in [4.69, 9.17) is 9.47 Å².